The first-order chi connectivity index (χ1) is 4.35. The first-order valence-electron chi connectivity index (χ1n) is 2.86. The van der Waals surface area contributed by atoms with Crippen molar-refractivity contribution in [3.05, 3.63) is 0 Å². The first-order valence-corrected chi connectivity index (χ1v) is 5.87. The van der Waals surface area contributed by atoms with Crippen molar-refractivity contribution in [2.24, 2.45) is 0 Å². The zero-order valence-corrected chi connectivity index (χ0v) is 7.80. The van der Waals surface area contributed by atoms with Crippen molar-refractivity contribution in [3.63, 3.8) is 0 Å². The van der Waals surface area contributed by atoms with Gasteiger partial charge in [0.25, 0.3) is 0 Å². The smallest absolute Gasteiger partial charge is 0.237 e. The third-order valence-electron chi connectivity index (χ3n) is 0.699. The van der Waals surface area contributed by atoms with Crippen LogP contribution in [0.25, 0.3) is 0 Å². The van der Waals surface area contributed by atoms with Gasteiger partial charge in [0.15, 0.2) is 0 Å². The van der Waals surface area contributed by atoms with Crippen LogP contribution in [0, 0.1) is 0 Å². The molecule has 0 amide bonds. The molecule has 0 aromatic rings. The number of hydrogen-bond donors (Lipinski definition) is 0. The van der Waals surface area contributed by atoms with Gasteiger partial charge in [-0.3, -0.25) is 0 Å². The van der Waals surface area contributed by atoms with Crippen LogP contribution in [0.1, 0.15) is 13.3 Å². The van der Waals surface area contributed by atoms with Crippen LogP contribution in [0.2, 0.25) is 0 Å². The van der Waals surface area contributed by atoms with Crippen LogP contribution in [-0.2, 0) is 9.05 Å². The van der Waals surface area contributed by atoms with Gasteiger partial charge >= 0.3 is 0 Å². The van der Waals surface area contributed by atoms with E-state index in [2.05, 4.69) is 6.92 Å². The van der Waals surface area contributed by atoms with Gasteiger partial charge in [-0.05, 0) is 12.7 Å². The van der Waals surface area contributed by atoms with Crippen LogP contribution in [0.15, 0.2) is 0 Å². The van der Waals surface area contributed by atoms with Crippen molar-refractivity contribution in [1.29, 1.82) is 0 Å². The molecule has 2 nitrogen and oxygen atoms in total. The summed E-state index contributed by atoms with van der Waals surface area (Å²) in [4.78, 5) is 0. The van der Waals surface area contributed by atoms with Gasteiger partial charge in [0, 0.05) is 7.11 Å². The highest BCUT2D eigenvalue weighted by atomic mass is 32.7. The van der Waals surface area contributed by atoms with Gasteiger partial charge in [0.05, 0.1) is 6.61 Å². The Morgan fingerprint density at radius 3 is 2.56 bits per heavy atom. The highest BCUT2D eigenvalue weighted by Gasteiger charge is 2.03. The molecular weight excluding hydrogens is 155 g/mol. The molecule has 0 aliphatic carbocycles. The largest absolute Gasteiger partial charge is 0.329 e. The Hall–Kier alpha value is 0.700. The maximum absolute atomic E-state index is 5.30. The van der Waals surface area contributed by atoms with Crippen molar-refractivity contribution in [3.8, 4) is 0 Å². The molecule has 1 unspecified atom stereocenters. The second-order valence-electron chi connectivity index (χ2n) is 1.42. The molecule has 0 N–H and O–H groups in total. The lowest BCUT2D eigenvalue weighted by Gasteiger charge is -2.09. The Balaban J connectivity index is 3.09. The van der Waals surface area contributed by atoms with Crippen molar-refractivity contribution in [1.82, 2.24) is 0 Å². The third-order valence-corrected chi connectivity index (χ3v) is 3.35. The molecule has 0 aromatic carbocycles. The summed E-state index contributed by atoms with van der Waals surface area (Å²) in [5.74, 6) is 0. The van der Waals surface area contributed by atoms with E-state index in [0.29, 0.717) is 0 Å². The molecule has 4 heteroatoms. The molecule has 0 rings (SSSR count). The third kappa shape index (κ3) is 5.16. The predicted molar refractivity (Wildman–Crippen MR) is 43.7 cm³/mol. The van der Waals surface area contributed by atoms with E-state index in [9.17, 15) is 0 Å². The predicted octanol–water partition coefficient (Wildman–Crippen LogP) is 2.65. The highest BCUT2D eigenvalue weighted by Crippen LogP contribution is 2.49. The SMILES string of the molecule is CCCOP(OC)SC. The molecule has 1 atom stereocenters. The molecule has 0 fully saturated rings. The summed E-state index contributed by atoms with van der Waals surface area (Å²) in [6, 6.07) is 0. The second-order valence-corrected chi connectivity index (χ2v) is 4.85. The molecule has 9 heavy (non-hydrogen) atoms. The lowest BCUT2D eigenvalue weighted by Crippen LogP contribution is -1.85. The maximum Gasteiger partial charge on any atom is 0.237 e. The average Bonchev–Trinajstić information content (AvgIpc) is 1.91. The van der Waals surface area contributed by atoms with E-state index in [1.54, 1.807) is 18.5 Å². The molecule has 0 aliphatic heterocycles. The lowest BCUT2D eigenvalue weighted by atomic mass is 10.5. The topological polar surface area (TPSA) is 18.5 Å². The number of hydrogen-bond acceptors (Lipinski definition) is 3. The van der Waals surface area contributed by atoms with Crippen LogP contribution in [0.3, 0.4) is 0 Å². The maximum atomic E-state index is 5.30. The van der Waals surface area contributed by atoms with E-state index in [-0.39, 0.29) is 0 Å². The molecule has 0 aromatic heterocycles. The van der Waals surface area contributed by atoms with Crippen LogP contribution >= 0.6 is 19.0 Å². The van der Waals surface area contributed by atoms with Gasteiger partial charge in [-0.25, -0.2) is 0 Å². The van der Waals surface area contributed by atoms with Gasteiger partial charge in [-0.15, -0.1) is 0 Å². The van der Waals surface area contributed by atoms with Crippen LogP contribution < -0.4 is 0 Å². The Labute approximate surface area is 62.0 Å². The van der Waals surface area contributed by atoms with Crippen molar-refractivity contribution in [2.75, 3.05) is 20.0 Å². The highest BCUT2D eigenvalue weighted by molar-refractivity contribution is 8.52. The fourth-order valence-electron chi connectivity index (χ4n) is 0.346. The van der Waals surface area contributed by atoms with E-state index in [0.717, 1.165) is 13.0 Å². The molecule has 56 valence electrons. The summed E-state index contributed by atoms with van der Waals surface area (Å²) in [5.41, 5.74) is 0. The van der Waals surface area contributed by atoms with Gasteiger partial charge in [-0.1, -0.05) is 18.3 Å². The summed E-state index contributed by atoms with van der Waals surface area (Å²) in [6.07, 6.45) is 3.05. The summed E-state index contributed by atoms with van der Waals surface area (Å²) >= 11 is 1.63. The lowest BCUT2D eigenvalue weighted by molar-refractivity contribution is 0.297. The summed E-state index contributed by atoms with van der Waals surface area (Å²) in [7, 11) is 1.03. The standard InChI is InChI=1S/C5H13O2PS/c1-4-5-7-8(6-2)9-3/h4-5H2,1-3H3. The second kappa shape index (κ2) is 6.81. The molecule has 0 aliphatic rings. The normalized spacial score (nSPS) is 13.7. The molecule has 0 bridgehead atoms. The quantitative estimate of drug-likeness (QED) is 0.588. The van der Waals surface area contributed by atoms with E-state index < -0.39 is 7.58 Å². The first kappa shape index (κ1) is 9.70. The fourth-order valence-corrected chi connectivity index (χ4v) is 2.02. The minimum atomic E-state index is -0.645. The molecule has 0 spiro atoms. The van der Waals surface area contributed by atoms with Gasteiger partial charge in [0.1, 0.15) is 0 Å². The number of rotatable bonds is 5. The fraction of sp³-hybridized carbons (Fsp3) is 1.00. The van der Waals surface area contributed by atoms with Gasteiger partial charge < -0.3 is 9.05 Å². The summed E-state index contributed by atoms with van der Waals surface area (Å²) in [6.45, 7) is 2.89. The van der Waals surface area contributed by atoms with Gasteiger partial charge in [-0.2, -0.15) is 0 Å². The van der Waals surface area contributed by atoms with Gasteiger partial charge in [0.2, 0.25) is 7.58 Å². The van der Waals surface area contributed by atoms with Crippen molar-refractivity contribution >= 4 is 19.0 Å². The van der Waals surface area contributed by atoms with Crippen molar-refractivity contribution < 1.29 is 9.05 Å². The average molecular weight is 168 g/mol. The molecule has 0 radical (unpaired) electrons. The minimum absolute atomic E-state index is 0.645. The van der Waals surface area contributed by atoms with Crippen LogP contribution in [0.5, 0.6) is 0 Å². The van der Waals surface area contributed by atoms with Crippen molar-refractivity contribution in [2.45, 2.75) is 13.3 Å². The zero-order chi connectivity index (χ0) is 7.11. The van der Waals surface area contributed by atoms with E-state index in [1.807, 2.05) is 6.26 Å². The summed E-state index contributed by atoms with van der Waals surface area (Å²) in [5, 5.41) is 0. The Morgan fingerprint density at radius 1 is 1.56 bits per heavy atom. The van der Waals surface area contributed by atoms with E-state index >= 15 is 0 Å². The monoisotopic (exact) mass is 168 g/mol. The summed E-state index contributed by atoms with van der Waals surface area (Å²) < 4.78 is 10.3. The van der Waals surface area contributed by atoms with E-state index in [1.165, 1.54) is 0 Å². The Bertz CT molecular complexity index is 58.9. The molecule has 0 saturated carbocycles. The molecule has 0 heterocycles. The van der Waals surface area contributed by atoms with E-state index in [4.69, 9.17) is 9.05 Å². The van der Waals surface area contributed by atoms with Crippen LogP contribution in [-0.4, -0.2) is 20.0 Å². The molecule has 0 saturated heterocycles. The Kier molecular flexibility index (Phi) is 7.34. The molecular formula is C5H13O2PS. The Morgan fingerprint density at radius 2 is 2.22 bits per heavy atom. The van der Waals surface area contributed by atoms with Crippen LogP contribution in [0.4, 0.5) is 0 Å². The minimum Gasteiger partial charge on any atom is -0.329 e. The zero-order valence-electron chi connectivity index (χ0n) is 6.09.